The number of aromatic carboxylic acids is 1. The molecule has 8 heteroatoms. The highest BCUT2D eigenvalue weighted by atomic mass is 35.5. The van der Waals surface area contributed by atoms with E-state index in [1.54, 1.807) is 0 Å². The van der Waals surface area contributed by atoms with E-state index in [0.29, 0.717) is 10.6 Å². The number of aryl methyl sites for hydroxylation is 1. The third-order valence-corrected chi connectivity index (χ3v) is 4.26. The molecule has 1 N–H and O–H groups in total. The molecular weight excluding hydrogens is 386 g/mol. The minimum Gasteiger partial charge on any atom is -0.478 e. The average Bonchev–Trinajstić information content (AvgIpc) is 2.98. The van der Waals surface area contributed by atoms with Gasteiger partial charge in [0.05, 0.1) is 23.1 Å². The van der Waals surface area contributed by atoms with Crippen molar-refractivity contribution in [3.63, 3.8) is 0 Å². The van der Waals surface area contributed by atoms with Crippen molar-refractivity contribution in [3.8, 4) is 0 Å². The van der Waals surface area contributed by atoms with Crippen molar-refractivity contribution in [3.05, 3.63) is 69.9 Å². The summed E-state index contributed by atoms with van der Waals surface area (Å²) >= 11 is 5.68. The maximum absolute atomic E-state index is 14.2. The van der Waals surface area contributed by atoms with Gasteiger partial charge in [-0.25, -0.2) is 9.18 Å². The average molecular weight is 404 g/mol. The summed E-state index contributed by atoms with van der Waals surface area (Å²) in [5.41, 5.74) is -1.81. The molecule has 0 aliphatic rings. The van der Waals surface area contributed by atoms with Gasteiger partial charge in [-0.2, -0.15) is 13.2 Å². The standard InChI is InChI=1S/C19H14ClF4NO2/c20-14-3-1-11(16(10-14)19(22,23)24)8-15-9-13-7-12(18(26)27)2-4-17(13)25(15)6-5-21/h1-4,7,9-10H,5-6,8H2,(H,26,27)/i5D2,6D2. The molecule has 0 atom stereocenters. The molecule has 1 heterocycles. The lowest BCUT2D eigenvalue weighted by Crippen LogP contribution is -2.11. The number of nitrogens with zero attached hydrogens (tertiary/aromatic N) is 1. The van der Waals surface area contributed by atoms with Gasteiger partial charge in [-0.05, 0) is 42.0 Å². The number of halogens is 5. The molecule has 0 aliphatic heterocycles. The smallest absolute Gasteiger partial charge is 0.416 e. The molecule has 3 aromatic rings. The summed E-state index contributed by atoms with van der Waals surface area (Å²) in [4.78, 5) is 11.2. The highest BCUT2D eigenvalue weighted by Gasteiger charge is 2.33. The van der Waals surface area contributed by atoms with Crippen LogP contribution < -0.4 is 0 Å². The van der Waals surface area contributed by atoms with Crippen LogP contribution in [-0.4, -0.2) is 22.3 Å². The molecule has 0 unspecified atom stereocenters. The zero-order chi connectivity index (χ0) is 23.4. The van der Waals surface area contributed by atoms with Crippen LogP contribution in [0.15, 0.2) is 42.5 Å². The van der Waals surface area contributed by atoms with E-state index in [1.807, 2.05) is 0 Å². The zero-order valence-electron chi connectivity index (χ0n) is 17.4. The number of fused-ring (bicyclic) bond motifs is 1. The molecule has 142 valence electrons. The van der Waals surface area contributed by atoms with Crippen LogP contribution in [0.1, 0.15) is 32.7 Å². The quantitative estimate of drug-likeness (QED) is 0.566. The van der Waals surface area contributed by atoms with E-state index in [0.717, 1.165) is 24.3 Å². The molecule has 3 rings (SSSR count). The van der Waals surface area contributed by atoms with Crippen LogP contribution in [0.2, 0.25) is 5.02 Å². The Hall–Kier alpha value is -2.54. The summed E-state index contributed by atoms with van der Waals surface area (Å²) < 4.78 is 85.7. The van der Waals surface area contributed by atoms with E-state index < -0.39 is 37.3 Å². The van der Waals surface area contributed by atoms with Gasteiger partial charge >= 0.3 is 12.1 Å². The van der Waals surface area contributed by atoms with Gasteiger partial charge in [0.2, 0.25) is 0 Å². The first-order valence-electron chi connectivity index (χ1n) is 9.55. The molecule has 2 aromatic carbocycles. The lowest BCUT2D eigenvalue weighted by Gasteiger charge is -2.15. The molecule has 1 aromatic heterocycles. The van der Waals surface area contributed by atoms with Gasteiger partial charge in [0, 0.05) is 28.0 Å². The molecule has 0 saturated heterocycles. The number of carbonyl (C=O) groups is 1. The van der Waals surface area contributed by atoms with E-state index in [1.165, 1.54) is 12.1 Å². The van der Waals surface area contributed by atoms with Crippen molar-refractivity contribution in [2.45, 2.75) is 19.1 Å². The Morgan fingerprint density at radius 1 is 1.19 bits per heavy atom. The summed E-state index contributed by atoms with van der Waals surface area (Å²) in [6.45, 7) is -7.20. The van der Waals surface area contributed by atoms with E-state index in [9.17, 15) is 22.4 Å². The van der Waals surface area contributed by atoms with Gasteiger partial charge in [-0.3, -0.25) is 0 Å². The fourth-order valence-corrected chi connectivity index (χ4v) is 3.04. The minimum absolute atomic E-state index is 0.0750. The fourth-order valence-electron chi connectivity index (χ4n) is 2.87. The van der Waals surface area contributed by atoms with Crippen LogP contribution in [0.4, 0.5) is 17.6 Å². The molecule has 0 saturated carbocycles. The Bertz CT molecular complexity index is 1170. The number of aromatic nitrogens is 1. The van der Waals surface area contributed by atoms with Crippen LogP contribution in [-0.2, 0) is 19.1 Å². The first-order chi connectivity index (χ1) is 14.1. The van der Waals surface area contributed by atoms with Crippen molar-refractivity contribution in [1.82, 2.24) is 4.57 Å². The number of carboxylic acids is 1. The lowest BCUT2D eigenvalue weighted by molar-refractivity contribution is -0.138. The van der Waals surface area contributed by atoms with E-state index in [4.69, 9.17) is 22.2 Å². The minimum atomic E-state index is -4.78. The number of benzene rings is 2. The summed E-state index contributed by atoms with van der Waals surface area (Å²) in [6.07, 6.45) is -5.32. The number of hydrogen-bond donors (Lipinski definition) is 1. The summed E-state index contributed by atoms with van der Waals surface area (Å²) in [6, 6.07) is 7.63. The molecule has 3 nitrogen and oxygen atoms in total. The number of rotatable bonds is 5. The van der Waals surface area contributed by atoms with Crippen molar-refractivity contribution in [2.24, 2.45) is 0 Å². The lowest BCUT2D eigenvalue weighted by atomic mass is 10.0. The molecule has 0 fully saturated rings. The van der Waals surface area contributed by atoms with Gasteiger partial charge in [0.25, 0.3) is 0 Å². The van der Waals surface area contributed by atoms with Gasteiger partial charge in [-0.1, -0.05) is 17.7 Å². The predicted molar refractivity (Wildman–Crippen MR) is 94.1 cm³/mol. The van der Waals surface area contributed by atoms with Crippen molar-refractivity contribution >= 4 is 28.5 Å². The summed E-state index contributed by atoms with van der Waals surface area (Å²) in [7, 11) is 0. The van der Waals surface area contributed by atoms with Gasteiger partial charge < -0.3 is 9.67 Å². The van der Waals surface area contributed by atoms with Crippen molar-refractivity contribution in [2.75, 3.05) is 6.63 Å². The molecule has 0 amide bonds. The van der Waals surface area contributed by atoms with Gasteiger partial charge in [-0.15, -0.1) is 0 Å². The number of carboxylic acid groups (broad SMARTS) is 1. The van der Waals surface area contributed by atoms with Gasteiger partial charge in [0.1, 0.15) is 6.63 Å². The number of hydrogen-bond acceptors (Lipinski definition) is 1. The first kappa shape index (κ1) is 14.5. The summed E-state index contributed by atoms with van der Waals surface area (Å²) in [5, 5.41) is 9.09. The Morgan fingerprint density at radius 2 is 1.93 bits per heavy atom. The van der Waals surface area contributed by atoms with Crippen LogP contribution in [0.5, 0.6) is 0 Å². The van der Waals surface area contributed by atoms with Crippen LogP contribution >= 0.6 is 11.6 Å². The third kappa shape index (κ3) is 3.93. The molecule has 0 bridgehead atoms. The van der Waals surface area contributed by atoms with E-state index in [2.05, 4.69) is 0 Å². The SMILES string of the molecule is [2H]C([2H])(F)C([2H])([2H])n1c(Cc2ccc(Cl)cc2C(F)(F)F)cc2cc(C(=O)O)ccc21. The van der Waals surface area contributed by atoms with Crippen LogP contribution in [0.3, 0.4) is 0 Å². The second-order valence-corrected chi connectivity index (χ2v) is 6.17. The summed E-state index contributed by atoms with van der Waals surface area (Å²) in [5.74, 6) is -1.29. The Morgan fingerprint density at radius 3 is 2.56 bits per heavy atom. The van der Waals surface area contributed by atoms with Crippen molar-refractivity contribution in [1.29, 1.82) is 0 Å². The molecule has 0 radical (unpaired) electrons. The Labute approximate surface area is 162 Å². The normalized spacial score (nSPS) is 15.1. The van der Waals surface area contributed by atoms with E-state index >= 15 is 0 Å². The van der Waals surface area contributed by atoms with E-state index in [-0.39, 0.29) is 32.7 Å². The monoisotopic (exact) mass is 403 g/mol. The predicted octanol–water partition coefficient (Wildman–Crippen LogP) is 5.57. The maximum atomic E-state index is 14.2. The topological polar surface area (TPSA) is 42.2 Å². The zero-order valence-corrected chi connectivity index (χ0v) is 14.2. The van der Waals surface area contributed by atoms with Gasteiger partial charge in [0.15, 0.2) is 0 Å². The van der Waals surface area contributed by atoms with Crippen LogP contribution in [0.25, 0.3) is 10.9 Å². The fraction of sp³-hybridized carbons (Fsp3) is 0.211. The maximum Gasteiger partial charge on any atom is 0.416 e. The first-order valence-corrected chi connectivity index (χ1v) is 7.93. The molecule has 0 aliphatic carbocycles. The molecular formula is C19H14ClF4NO2. The molecule has 0 spiro atoms. The van der Waals surface area contributed by atoms with Crippen molar-refractivity contribution < 1.29 is 32.9 Å². The highest BCUT2D eigenvalue weighted by molar-refractivity contribution is 6.30. The third-order valence-electron chi connectivity index (χ3n) is 4.03. The Balaban J connectivity index is 2.28. The second kappa shape index (κ2) is 7.23. The molecule has 27 heavy (non-hydrogen) atoms. The highest BCUT2D eigenvalue weighted by Crippen LogP contribution is 2.35. The second-order valence-electron chi connectivity index (χ2n) is 5.73. The van der Waals surface area contributed by atoms with Crippen LogP contribution in [0, 0.1) is 0 Å². The Kier molecular flexibility index (Phi) is 3.88. The largest absolute Gasteiger partial charge is 0.478 e. The number of alkyl halides is 4.